The zero-order chi connectivity index (χ0) is 27.4. The molecular weight excluding hydrogens is 563 g/mol. The summed E-state index contributed by atoms with van der Waals surface area (Å²) in [4.78, 5) is 0. The molecule has 2 aromatic rings. The van der Waals surface area contributed by atoms with Crippen LogP contribution in [0.2, 0.25) is 0 Å². The maximum atomic E-state index is 10.7. The number of allylic oxidation sites excluding steroid dienone is 2. The zero-order valence-electron chi connectivity index (χ0n) is 24.0. The molecule has 212 valence electrons. The normalized spacial score (nSPS) is 12.8. The average Bonchev–Trinajstić information content (AvgIpc) is 3.32. The van der Waals surface area contributed by atoms with E-state index in [1.807, 2.05) is 24.3 Å². The summed E-state index contributed by atoms with van der Waals surface area (Å²) in [5.74, 6) is 0. The van der Waals surface area contributed by atoms with Gasteiger partial charge in [-0.3, -0.25) is 0 Å². The molecule has 2 aromatic carbocycles. The van der Waals surface area contributed by atoms with E-state index in [2.05, 4.69) is 64.1 Å². The molecule has 0 unspecified atom stereocenters. The SMILES string of the molecule is CCCCCCCCc1ccc(C2=CC=C(c3cccc(C)c3)[N+]2=[N-])cc1.CCCC[O][Pd][O]CCCC. The summed E-state index contributed by atoms with van der Waals surface area (Å²) in [6.07, 6.45) is 17.8. The molecule has 0 saturated heterocycles. The van der Waals surface area contributed by atoms with Crippen LogP contribution >= 0.6 is 0 Å². The van der Waals surface area contributed by atoms with Crippen LogP contribution in [0.3, 0.4) is 0 Å². The van der Waals surface area contributed by atoms with Gasteiger partial charge >= 0.3 is 78.4 Å². The van der Waals surface area contributed by atoms with E-state index in [0.717, 1.165) is 55.0 Å². The summed E-state index contributed by atoms with van der Waals surface area (Å²) in [6.45, 7) is 10.4. The van der Waals surface area contributed by atoms with Crippen molar-refractivity contribution in [2.75, 3.05) is 13.2 Å². The van der Waals surface area contributed by atoms with Crippen molar-refractivity contribution in [3.63, 3.8) is 0 Å². The molecule has 5 heteroatoms. The minimum absolute atomic E-state index is 0.0757. The van der Waals surface area contributed by atoms with Gasteiger partial charge in [0.25, 0.3) is 0 Å². The van der Waals surface area contributed by atoms with E-state index in [9.17, 15) is 5.53 Å². The maximum absolute atomic E-state index is 10.7. The Morgan fingerprint density at radius 2 is 1.26 bits per heavy atom. The van der Waals surface area contributed by atoms with Crippen LogP contribution in [0.25, 0.3) is 16.9 Å². The quantitative estimate of drug-likeness (QED) is 0.102. The second kappa shape index (κ2) is 20.1. The number of benzene rings is 2. The van der Waals surface area contributed by atoms with Gasteiger partial charge in [0.15, 0.2) is 0 Å². The van der Waals surface area contributed by atoms with Gasteiger partial charge in [-0.25, -0.2) is 4.70 Å². The van der Waals surface area contributed by atoms with Crippen LogP contribution in [0.4, 0.5) is 0 Å². The van der Waals surface area contributed by atoms with E-state index in [-0.39, 0.29) is 18.7 Å². The van der Waals surface area contributed by atoms with Gasteiger partial charge in [0.05, 0.1) is 0 Å². The zero-order valence-corrected chi connectivity index (χ0v) is 25.5. The molecule has 1 aliphatic rings. The monoisotopic (exact) mass is 610 g/mol. The van der Waals surface area contributed by atoms with Crippen LogP contribution in [-0.2, 0) is 32.1 Å². The number of aryl methyl sites for hydroxylation is 2. The van der Waals surface area contributed by atoms with Crippen LogP contribution in [-0.4, -0.2) is 17.9 Å². The van der Waals surface area contributed by atoms with Gasteiger partial charge in [0, 0.05) is 23.3 Å². The van der Waals surface area contributed by atoms with Crippen LogP contribution in [0, 0.1) is 6.92 Å². The molecule has 0 bridgehead atoms. The molecule has 38 heavy (non-hydrogen) atoms. The molecule has 4 nitrogen and oxygen atoms in total. The molecule has 0 radical (unpaired) electrons. The molecule has 0 N–H and O–H groups in total. The third-order valence-electron chi connectivity index (χ3n) is 6.44. The third-order valence-corrected chi connectivity index (χ3v) is 7.44. The molecule has 0 aliphatic carbocycles. The average molecular weight is 611 g/mol. The van der Waals surface area contributed by atoms with Crippen LogP contribution in [0.5, 0.6) is 0 Å². The van der Waals surface area contributed by atoms with E-state index in [4.69, 9.17) is 6.92 Å². The van der Waals surface area contributed by atoms with Crippen molar-refractivity contribution in [2.24, 2.45) is 0 Å². The van der Waals surface area contributed by atoms with E-state index in [1.165, 1.54) is 67.2 Å². The Labute approximate surface area is 241 Å². The van der Waals surface area contributed by atoms with Crippen molar-refractivity contribution in [3.8, 4) is 0 Å². The predicted octanol–water partition coefficient (Wildman–Crippen LogP) is 9.86. The van der Waals surface area contributed by atoms with E-state index in [1.54, 1.807) is 0 Å². The Bertz CT molecular complexity index is 990. The Morgan fingerprint density at radius 1 is 0.684 bits per heavy atom. The Morgan fingerprint density at radius 3 is 1.87 bits per heavy atom. The summed E-state index contributed by atoms with van der Waals surface area (Å²) in [5, 5.41) is 0. The van der Waals surface area contributed by atoms with E-state index < -0.39 is 0 Å². The summed E-state index contributed by atoms with van der Waals surface area (Å²) < 4.78 is 11.8. The van der Waals surface area contributed by atoms with Crippen LogP contribution in [0.1, 0.15) is 107 Å². The van der Waals surface area contributed by atoms with E-state index >= 15 is 0 Å². The van der Waals surface area contributed by atoms with Gasteiger partial charge in [-0.2, -0.15) is 0 Å². The first kappa shape index (κ1) is 32.3. The van der Waals surface area contributed by atoms with Crippen LogP contribution in [0.15, 0.2) is 60.7 Å². The van der Waals surface area contributed by atoms with Gasteiger partial charge in [0.2, 0.25) is 11.4 Å². The Hall–Kier alpha value is -1.90. The third kappa shape index (κ3) is 12.3. The van der Waals surface area contributed by atoms with Crippen molar-refractivity contribution < 1.29 is 30.3 Å². The van der Waals surface area contributed by atoms with Gasteiger partial charge in [-0.15, -0.1) is 0 Å². The first-order valence-corrected chi connectivity index (χ1v) is 15.8. The molecule has 0 saturated carbocycles. The van der Waals surface area contributed by atoms with Gasteiger partial charge in [0.1, 0.15) is 0 Å². The summed E-state index contributed by atoms with van der Waals surface area (Å²) in [7, 11) is 0. The second-order valence-corrected chi connectivity index (χ2v) is 11.0. The molecule has 0 amide bonds. The van der Waals surface area contributed by atoms with Crippen LogP contribution < -0.4 is 0 Å². The van der Waals surface area contributed by atoms with Crippen molar-refractivity contribution >= 4 is 11.4 Å². The summed E-state index contributed by atoms with van der Waals surface area (Å²) in [5.41, 5.74) is 17.0. The fourth-order valence-corrected chi connectivity index (χ4v) is 4.92. The molecule has 0 atom stereocenters. The van der Waals surface area contributed by atoms with Gasteiger partial charge in [-0.1, -0.05) is 68.9 Å². The number of nitrogens with zero attached hydrogens (tertiary/aromatic N) is 2. The molecule has 0 aromatic heterocycles. The van der Waals surface area contributed by atoms with Gasteiger partial charge in [-0.05, 0) is 49.6 Å². The molecule has 0 spiro atoms. The Kier molecular flexibility index (Phi) is 17.1. The number of rotatable bonds is 17. The standard InChI is InChI=1S/C25H30N2.2C4H9O.Pd/c1-3-4-5-6-7-8-11-21-13-15-22(16-14-21)24-17-18-25(27(24)26)23-12-9-10-20(2)19-23;2*1-2-3-4-5;/h9-10,12-19H,3-8,11H2,1-2H3;2*2-4H2,1H3;/q;2*-1;+2. The summed E-state index contributed by atoms with van der Waals surface area (Å²) >= 11 is 0.0757. The first-order chi connectivity index (χ1) is 18.6. The molecule has 1 heterocycles. The topological polar surface area (TPSA) is 43.8 Å². The molecule has 3 rings (SSSR count). The molecular formula is C33H48N2O2Pd. The number of unbranched alkanes of at least 4 members (excludes halogenated alkanes) is 7. The minimum atomic E-state index is 0.0757. The predicted molar refractivity (Wildman–Crippen MR) is 156 cm³/mol. The first-order valence-electron chi connectivity index (χ1n) is 14.5. The molecule has 0 fully saturated rings. The molecule has 1 aliphatic heterocycles. The van der Waals surface area contributed by atoms with Crippen molar-refractivity contribution in [1.29, 1.82) is 0 Å². The number of hydrogen-bond acceptors (Lipinski definition) is 2. The number of hydrogen-bond donors (Lipinski definition) is 0. The van der Waals surface area contributed by atoms with Crippen molar-refractivity contribution in [2.45, 2.75) is 98.3 Å². The second-order valence-electron chi connectivity index (χ2n) is 9.85. The van der Waals surface area contributed by atoms with Crippen molar-refractivity contribution in [3.05, 3.63) is 88.5 Å². The Balaban J connectivity index is 0.000000391. The fraction of sp³-hybridized carbons (Fsp3) is 0.515. The van der Waals surface area contributed by atoms with Gasteiger partial charge < -0.3 is 5.53 Å². The summed E-state index contributed by atoms with van der Waals surface area (Å²) in [6, 6.07) is 16.8. The fourth-order valence-electron chi connectivity index (χ4n) is 4.08. The van der Waals surface area contributed by atoms with Crippen molar-refractivity contribution in [1.82, 2.24) is 0 Å². The van der Waals surface area contributed by atoms with E-state index in [0.29, 0.717) is 0 Å².